The average Bonchev–Trinajstić information content (AvgIpc) is 2.92. The molecule has 0 aliphatic carbocycles. The molecule has 0 radical (unpaired) electrons. The van der Waals surface area contributed by atoms with Gasteiger partial charge >= 0.3 is 0 Å². The second kappa shape index (κ2) is 6.53. The third kappa shape index (κ3) is 3.17. The first-order valence-corrected chi connectivity index (χ1v) is 7.63. The fraction of sp³-hybridized carbons (Fsp3) is 0.500. The van der Waals surface area contributed by atoms with Gasteiger partial charge in [-0.3, -0.25) is 0 Å². The first-order chi connectivity index (χ1) is 9.65. The minimum Gasteiger partial charge on any atom is -0.358 e. The monoisotopic (exact) mass is 289 g/mol. The van der Waals surface area contributed by atoms with Gasteiger partial charge in [0, 0.05) is 20.1 Å². The van der Waals surface area contributed by atoms with Crippen LogP contribution in [0.15, 0.2) is 11.4 Å². The van der Waals surface area contributed by atoms with Crippen molar-refractivity contribution in [1.82, 2.24) is 9.97 Å². The Bertz CT molecular complexity index is 616. The van der Waals surface area contributed by atoms with Gasteiger partial charge in [0.1, 0.15) is 10.6 Å². The van der Waals surface area contributed by atoms with Crippen LogP contribution in [0.1, 0.15) is 20.3 Å². The number of nitrogens with zero attached hydrogens (tertiary/aromatic N) is 4. The molecule has 2 rings (SSSR count). The van der Waals surface area contributed by atoms with Crippen LogP contribution < -0.4 is 10.2 Å². The van der Waals surface area contributed by atoms with Gasteiger partial charge in [0.05, 0.1) is 17.4 Å². The summed E-state index contributed by atoms with van der Waals surface area (Å²) in [7, 11) is 1.97. The van der Waals surface area contributed by atoms with Crippen LogP contribution in [-0.4, -0.2) is 30.1 Å². The molecule has 2 aromatic heterocycles. The zero-order valence-corrected chi connectivity index (χ0v) is 12.9. The van der Waals surface area contributed by atoms with Gasteiger partial charge in [0.2, 0.25) is 5.95 Å². The molecule has 0 saturated carbocycles. The van der Waals surface area contributed by atoms with Crippen LogP contribution >= 0.6 is 11.3 Å². The summed E-state index contributed by atoms with van der Waals surface area (Å²) in [5.74, 6) is 1.51. The van der Waals surface area contributed by atoms with E-state index in [0.29, 0.717) is 12.5 Å². The second-order valence-electron chi connectivity index (χ2n) is 4.85. The van der Waals surface area contributed by atoms with E-state index in [1.165, 1.54) is 0 Å². The van der Waals surface area contributed by atoms with Gasteiger partial charge in [-0.15, -0.1) is 11.3 Å². The van der Waals surface area contributed by atoms with Crippen LogP contribution in [0.3, 0.4) is 0 Å². The summed E-state index contributed by atoms with van der Waals surface area (Å²) in [6.45, 7) is 5.54. The van der Waals surface area contributed by atoms with Crippen LogP contribution in [-0.2, 0) is 0 Å². The van der Waals surface area contributed by atoms with Crippen molar-refractivity contribution in [1.29, 1.82) is 5.26 Å². The van der Waals surface area contributed by atoms with E-state index in [1.807, 2.05) is 30.3 Å². The molecule has 1 N–H and O–H groups in total. The molecule has 2 heterocycles. The van der Waals surface area contributed by atoms with Crippen molar-refractivity contribution in [3.8, 4) is 6.07 Å². The summed E-state index contributed by atoms with van der Waals surface area (Å²) in [4.78, 5) is 12.1. The van der Waals surface area contributed by atoms with Crippen molar-refractivity contribution in [3.63, 3.8) is 0 Å². The number of anilines is 2. The average molecular weight is 289 g/mol. The SMILES string of the molecule is CCCNc1nc(N(C)CC(C)C#N)c2ccsc2n1. The molecule has 0 bridgehead atoms. The van der Waals surface area contributed by atoms with Crippen LogP contribution in [0.4, 0.5) is 11.8 Å². The molecule has 5 nitrogen and oxygen atoms in total. The smallest absolute Gasteiger partial charge is 0.226 e. The maximum absolute atomic E-state index is 8.95. The lowest BCUT2D eigenvalue weighted by Crippen LogP contribution is -2.24. The van der Waals surface area contributed by atoms with Gasteiger partial charge < -0.3 is 10.2 Å². The van der Waals surface area contributed by atoms with Crippen molar-refractivity contribution in [2.75, 3.05) is 30.4 Å². The highest BCUT2D eigenvalue weighted by Crippen LogP contribution is 2.28. The lowest BCUT2D eigenvalue weighted by molar-refractivity contribution is 0.711. The van der Waals surface area contributed by atoms with Crippen LogP contribution in [0.25, 0.3) is 10.2 Å². The Kier molecular flexibility index (Phi) is 4.74. The van der Waals surface area contributed by atoms with E-state index in [4.69, 9.17) is 5.26 Å². The Labute approximate surface area is 123 Å². The fourth-order valence-corrected chi connectivity index (χ4v) is 2.74. The van der Waals surface area contributed by atoms with Gasteiger partial charge in [-0.1, -0.05) is 6.92 Å². The Morgan fingerprint density at radius 3 is 3.00 bits per heavy atom. The van der Waals surface area contributed by atoms with Crippen molar-refractivity contribution in [3.05, 3.63) is 11.4 Å². The second-order valence-corrected chi connectivity index (χ2v) is 5.74. The number of rotatable bonds is 6. The molecule has 1 unspecified atom stereocenters. The molecule has 6 heteroatoms. The van der Waals surface area contributed by atoms with Crippen molar-refractivity contribution in [2.24, 2.45) is 5.92 Å². The molecule has 0 spiro atoms. The molecule has 2 aromatic rings. The molecule has 0 fully saturated rings. The largest absolute Gasteiger partial charge is 0.358 e. The number of fused-ring (bicyclic) bond motifs is 1. The summed E-state index contributed by atoms with van der Waals surface area (Å²) in [6.07, 6.45) is 1.03. The maximum atomic E-state index is 8.95. The minimum absolute atomic E-state index is 0.0318. The lowest BCUT2D eigenvalue weighted by atomic mass is 10.2. The molecule has 1 atom stereocenters. The van der Waals surface area contributed by atoms with Crippen molar-refractivity contribution in [2.45, 2.75) is 20.3 Å². The summed E-state index contributed by atoms with van der Waals surface area (Å²) < 4.78 is 0. The van der Waals surface area contributed by atoms with Gasteiger partial charge in [-0.2, -0.15) is 10.2 Å². The Morgan fingerprint density at radius 2 is 2.30 bits per heavy atom. The fourth-order valence-electron chi connectivity index (χ4n) is 1.98. The quantitative estimate of drug-likeness (QED) is 0.885. The van der Waals surface area contributed by atoms with Crippen LogP contribution in [0.5, 0.6) is 0 Å². The summed E-state index contributed by atoms with van der Waals surface area (Å²) >= 11 is 1.61. The zero-order chi connectivity index (χ0) is 14.5. The van der Waals surface area contributed by atoms with Gasteiger partial charge in [-0.25, -0.2) is 4.98 Å². The predicted octanol–water partition coefficient (Wildman–Crippen LogP) is 3.11. The molecule has 0 aromatic carbocycles. The first kappa shape index (κ1) is 14.5. The van der Waals surface area contributed by atoms with Crippen molar-refractivity contribution < 1.29 is 0 Å². The first-order valence-electron chi connectivity index (χ1n) is 6.75. The number of nitriles is 1. The molecule has 106 valence electrons. The van der Waals surface area contributed by atoms with E-state index < -0.39 is 0 Å². The Morgan fingerprint density at radius 1 is 1.50 bits per heavy atom. The van der Waals surface area contributed by atoms with Crippen LogP contribution in [0, 0.1) is 17.2 Å². The Hall–Kier alpha value is -1.87. The molecular formula is C14H19N5S. The number of thiophene rings is 1. The molecule has 0 aliphatic heterocycles. The maximum Gasteiger partial charge on any atom is 0.226 e. The Balaban J connectivity index is 2.34. The predicted molar refractivity (Wildman–Crippen MR) is 84.2 cm³/mol. The summed E-state index contributed by atoms with van der Waals surface area (Å²) in [6, 6.07) is 4.29. The standard InChI is InChI=1S/C14H19N5S/c1-4-6-16-14-17-12(19(3)9-10(2)8-15)11-5-7-20-13(11)18-14/h5,7,10H,4,6,9H2,1-3H3,(H,16,17,18). The third-order valence-electron chi connectivity index (χ3n) is 2.97. The highest BCUT2D eigenvalue weighted by atomic mass is 32.1. The highest BCUT2D eigenvalue weighted by Gasteiger charge is 2.14. The zero-order valence-electron chi connectivity index (χ0n) is 12.1. The number of aromatic nitrogens is 2. The van der Waals surface area contributed by atoms with E-state index >= 15 is 0 Å². The molecule has 0 amide bonds. The number of nitrogens with one attached hydrogen (secondary N) is 1. The number of hydrogen-bond acceptors (Lipinski definition) is 6. The molecular weight excluding hydrogens is 270 g/mol. The van der Waals surface area contributed by atoms with Gasteiger partial charge in [0.25, 0.3) is 0 Å². The third-order valence-corrected chi connectivity index (χ3v) is 3.77. The highest BCUT2D eigenvalue weighted by molar-refractivity contribution is 7.16. The van der Waals surface area contributed by atoms with E-state index in [9.17, 15) is 0 Å². The van der Waals surface area contributed by atoms with E-state index in [-0.39, 0.29) is 5.92 Å². The minimum atomic E-state index is -0.0318. The summed E-state index contributed by atoms with van der Waals surface area (Å²) in [5, 5.41) is 15.3. The number of hydrogen-bond donors (Lipinski definition) is 1. The van der Waals surface area contributed by atoms with E-state index in [2.05, 4.69) is 28.3 Å². The van der Waals surface area contributed by atoms with Gasteiger partial charge in [0.15, 0.2) is 0 Å². The van der Waals surface area contributed by atoms with Crippen LogP contribution in [0.2, 0.25) is 0 Å². The molecule has 0 saturated heterocycles. The van der Waals surface area contributed by atoms with E-state index in [1.54, 1.807) is 11.3 Å². The summed E-state index contributed by atoms with van der Waals surface area (Å²) in [5.41, 5.74) is 0. The topological polar surface area (TPSA) is 64.8 Å². The van der Waals surface area contributed by atoms with E-state index in [0.717, 1.165) is 29.0 Å². The molecule has 20 heavy (non-hydrogen) atoms. The normalized spacial score (nSPS) is 12.1. The molecule has 0 aliphatic rings. The van der Waals surface area contributed by atoms with Crippen molar-refractivity contribution >= 4 is 33.3 Å². The lowest BCUT2D eigenvalue weighted by Gasteiger charge is -2.20. The van der Waals surface area contributed by atoms with Gasteiger partial charge in [-0.05, 0) is 24.8 Å².